The number of imide groups is 2. The first-order chi connectivity index (χ1) is 20.2. The van der Waals surface area contributed by atoms with Crippen LogP contribution in [-0.2, 0) is 31.9 Å². The van der Waals surface area contributed by atoms with Gasteiger partial charge in [-0.25, -0.2) is 12.7 Å². The summed E-state index contributed by atoms with van der Waals surface area (Å²) in [7, 11) is -3.40. The molecule has 3 aliphatic heterocycles. The molecule has 2 fully saturated rings. The van der Waals surface area contributed by atoms with Crippen LogP contribution < -0.4 is 10.6 Å². The summed E-state index contributed by atoms with van der Waals surface area (Å²) in [5.41, 5.74) is 2.49. The zero-order chi connectivity index (χ0) is 29.4. The highest BCUT2D eigenvalue weighted by molar-refractivity contribution is 7.88. The van der Waals surface area contributed by atoms with E-state index in [2.05, 4.69) is 15.7 Å². The number of nitrogens with zero attached hydrogens (tertiary/aromatic N) is 4. The number of anilines is 1. The minimum absolute atomic E-state index is 0.0152. The van der Waals surface area contributed by atoms with Gasteiger partial charge in [0.1, 0.15) is 6.04 Å². The monoisotopic (exact) mass is 590 g/mol. The molecular formula is C29H30N6O6S. The molecule has 4 amide bonds. The number of sulfonamides is 1. The van der Waals surface area contributed by atoms with Crippen molar-refractivity contribution >= 4 is 39.3 Å². The molecule has 4 heterocycles. The lowest BCUT2D eigenvalue weighted by Gasteiger charge is -2.31. The van der Waals surface area contributed by atoms with Crippen LogP contribution >= 0.6 is 0 Å². The number of aromatic nitrogens is 2. The zero-order valence-electron chi connectivity index (χ0n) is 22.7. The molecule has 1 atom stereocenters. The molecule has 12 nitrogen and oxygen atoms in total. The van der Waals surface area contributed by atoms with E-state index in [1.807, 2.05) is 41.2 Å². The minimum Gasteiger partial charge on any atom is -0.380 e. The summed E-state index contributed by atoms with van der Waals surface area (Å²) in [5, 5.41) is 9.93. The maximum atomic E-state index is 13.3. The minimum atomic E-state index is -3.40. The molecule has 0 bridgehead atoms. The van der Waals surface area contributed by atoms with Crippen molar-refractivity contribution in [2.24, 2.45) is 0 Å². The van der Waals surface area contributed by atoms with Crippen molar-refractivity contribution in [2.45, 2.75) is 50.1 Å². The summed E-state index contributed by atoms with van der Waals surface area (Å²) < 4.78 is 29.2. The number of carbonyl (C=O) groups is 4. The van der Waals surface area contributed by atoms with E-state index in [9.17, 15) is 27.6 Å². The van der Waals surface area contributed by atoms with E-state index in [1.54, 1.807) is 28.7 Å². The van der Waals surface area contributed by atoms with Gasteiger partial charge in [-0.2, -0.15) is 5.10 Å². The Labute approximate surface area is 242 Å². The highest BCUT2D eigenvalue weighted by Gasteiger charge is 2.45. The van der Waals surface area contributed by atoms with Crippen molar-refractivity contribution in [3.63, 3.8) is 0 Å². The van der Waals surface area contributed by atoms with E-state index >= 15 is 0 Å². The molecule has 42 heavy (non-hydrogen) atoms. The van der Waals surface area contributed by atoms with Crippen molar-refractivity contribution < 1.29 is 27.6 Å². The van der Waals surface area contributed by atoms with E-state index in [1.165, 1.54) is 0 Å². The van der Waals surface area contributed by atoms with Gasteiger partial charge in [0.15, 0.2) is 0 Å². The lowest BCUT2D eigenvalue weighted by molar-refractivity contribution is -0.136. The molecule has 0 radical (unpaired) electrons. The van der Waals surface area contributed by atoms with Gasteiger partial charge in [0, 0.05) is 43.5 Å². The third-order valence-electron chi connectivity index (χ3n) is 7.99. The molecule has 2 aromatic carbocycles. The second-order valence-corrected chi connectivity index (χ2v) is 12.7. The Morgan fingerprint density at radius 3 is 2.40 bits per heavy atom. The standard InChI is InChI=1S/C29H30N6O6S/c36-25-10-9-24(27(37)32-25)35-28(38)22-7-4-8-23(26(22)29(35)39)30-15-20-16-31-34(17-20)21-11-13-33(14-12-21)42(40,41)18-19-5-2-1-3-6-19/h1-8,16-17,21,24,30H,9-15,18H2,(H,32,36,37). The number of nitrogens with one attached hydrogen (secondary N) is 2. The van der Waals surface area contributed by atoms with Crippen LogP contribution in [0.2, 0.25) is 0 Å². The molecule has 2 saturated heterocycles. The molecule has 3 aliphatic rings. The van der Waals surface area contributed by atoms with Gasteiger partial charge < -0.3 is 5.32 Å². The first-order valence-electron chi connectivity index (χ1n) is 13.8. The molecule has 13 heteroatoms. The Kier molecular flexibility index (Phi) is 7.37. The normalized spacial score (nSPS) is 20.1. The highest BCUT2D eigenvalue weighted by atomic mass is 32.2. The maximum absolute atomic E-state index is 13.3. The topological polar surface area (TPSA) is 151 Å². The SMILES string of the molecule is O=C1CCC(N2C(=O)c3cccc(NCc4cnn(C5CCN(S(=O)(=O)Cc6ccccc6)CC5)c4)c3C2=O)C(=O)N1. The molecule has 3 aromatic rings. The molecule has 0 spiro atoms. The number of amides is 4. The Balaban J connectivity index is 1.08. The number of hydrogen-bond donors (Lipinski definition) is 2. The molecule has 0 aliphatic carbocycles. The van der Waals surface area contributed by atoms with E-state index < -0.39 is 39.7 Å². The van der Waals surface area contributed by atoms with Crippen molar-refractivity contribution in [2.75, 3.05) is 18.4 Å². The Morgan fingerprint density at radius 1 is 0.905 bits per heavy atom. The molecule has 218 valence electrons. The zero-order valence-corrected chi connectivity index (χ0v) is 23.5. The van der Waals surface area contributed by atoms with Crippen LogP contribution in [0.15, 0.2) is 60.9 Å². The van der Waals surface area contributed by atoms with Gasteiger partial charge >= 0.3 is 0 Å². The van der Waals surface area contributed by atoms with Crippen LogP contribution in [0.25, 0.3) is 0 Å². The van der Waals surface area contributed by atoms with E-state index in [-0.39, 0.29) is 35.8 Å². The average Bonchev–Trinajstić information content (AvgIpc) is 3.55. The van der Waals surface area contributed by atoms with Gasteiger partial charge in [0.25, 0.3) is 11.8 Å². The first kappa shape index (κ1) is 27.8. The largest absolute Gasteiger partial charge is 0.380 e. The number of benzene rings is 2. The van der Waals surface area contributed by atoms with E-state index in [0.29, 0.717) is 38.2 Å². The smallest absolute Gasteiger partial charge is 0.264 e. The number of carbonyl (C=O) groups excluding carboxylic acids is 4. The van der Waals surface area contributed by atoms with Crippen molar-refractivity contribution in [1.29, 1.82) is 0 Å². The lowest BCUT2D eigenvalue weighted by atomic mass is 10.0. The average molecular weight is 591 g/mol. The number of hydrogen-bond acceptors (Lipinski definition) is 8. The molecule has 2 N–H and O–H groups in total. The van der Waals surface area contributed by atoms with Gasteiger partial charge in [0.05, 0.1) is 29.1 Å². The van der Waals surface area contributed by atoms with E-state index in [4.69, 9.17) is 0 Å². The first-order valence-corrected chi connectivity index (χ1v) is 15.5. The van der Waals surface area contributed by atoms with Crippen LogP contribution in [0.1, 0.15) is 63.6 Å². The quantitative estimate of drug-likeness (QED) is 0.379. The summed E-state index contributed by atoms with van der Waals surface area (Å²) in [4.78, 5) is 51.2. The van der Waals surface area contributed by atoms with Crippen molar-refractivity contribution in [1.82, 2.24) is 24.3 Å². The molecule has 6 rings (SSSR count). The van der Waals surface area contributed by atoms with Gasteiger partial charge in [-0.3, -0.25) is 34.1 Å². The van der Waals surface area contributed by atoms with Gasteiger partial charge in [-0.15, -0.1) is 0 Å². The summed E-state index contributed by atoms with van der Waals surface area (Å²) in [6.45, 7) is 1.17. The number of fused-ring (bicyclic) bond motifs is 1. The Bertz CT molecular complexity index is 1660. The summed E-state index contributed by atoms with van der Waals surface area (Å²) in [6.07, 6.45) is 5.05. The summed E-state index contributed by atoms with van der Waals surface area (Å²) in [5.74, 6) is -2.22. The van der Waals surface area contributed by atoms with Gasteiger partial charge in [0.2, 0.25) is 21.8 Å². The van der Waals surface area contributed by atoms with Crippen LogP contribution in [0.3, 0.4) is 0 Å². The fourth-order valence-electron chi connectivity index (χ4n) is 5.79. The van der Waals surface area contributed by atoms with Crippen LogP contribution in [0.5, 0.6) is 0 Å². The predicted octanol–water partition coefficient (Wildman–Crippen LogP) is 2.06. The second kappa shape index (κ2) is 11.1. The fourth-order valence-corrected chi connectivity index (χ4v) is 7.35. The van der Waals surface area contributed by atoms with Gasteiger partial charge in [-0.1, -0.05) is 36.4 Å². The van der Waals surface area contributed by atoms with Crippen LogP contribution in [0, 0.1) is 0 Å². The predicted molar refractivity (Wildman–Crippen MR) is 152 cm³/mol. The highest BCUT2D eigenvalue weighted by Crippen LogP contribution is 2.33. The van der Waals surface area contributed by atoms with Crippen molar-refractivity contribution in [3.05, 3.63) is 83.2 Å². The summed E-state index contributed by atoms with van der Waals surface area (Å²) >= 11 is 0. The Hall–Kier alpha value is -4.36. The maximum Gasteiger partial charge on any atom is 0.264 e. The van der Waals surface area contributed by atoms with Crippen LogP contribution in [-0.4, -0.2) is 70.2 Å². The molecule has 1 aromatic heterocycles. The molecule has 1 unspecified atom stereocenters. The number of rotatable bonds is 8. The van der Waals surface area contributed by atoms with Crippen LogP contribution in [0.4, 0.5) is 5.69 Å². The third kappa shape index (κ3) is 5.32. The Morgan fingerprint density at radius 2 is 1.67 bits per heavy atom. The van der Waals surface area contributed by atoms with Gasteiger partial charge in [-0.05, 0) is 37.0 Å². The fraction of sp³-hybridized carbons (Fsp3) is 0.345. The van der Waals surface area contributed by atoms with E-state index in [0.717, 1.165) is 16.0 Å². The number of piperidine rings is 2. The third-order valence-corrected chi connectivity index (χ3v) is 9.84. The lowest BCUT2D eigenvalue weighted by Crippen LogP contribution is -2.54. The van der Waals surface area contributed by atoms with Crippen molar-refractivity contribution in [3.8, 4) is 0 Å². The summed E-state index contributed by atoms with van der Waals surface area (Å²) in [6, 6.07) is 13.1. The second-order valence-electron chi connectivity index (χ2n) is 10.7. The molecular weight excluding hydrogens is 560 g/mol. The molecule has 0 saturated carbocycles.